The SMILES string of the molecule is CCOC(=O)Cc1c(C#N)ccc([N+](=O)[O-])c1F. The molecule has 0 radical (unpaired) electrons. The Balaban J connectivity index is 3.22. The number of ether oxygens (including phenoxy) is 1. The Morgan fingerprint density at radius 1 is 1.61 bits per heavy atom. The number of nitro groups is 1. The average molecular weight is 252 g/mol. The molecule has 6 nitrogen and oxygen atoms in total. The van der Waals surface area contributed by atoms with E-state index in [0.29, 0.717) is 0 Å². The van der Waals surface area contributed by atoms with Crippen LogP contribution in [-0.2, 0) is 16.0 Å². The highest BCUT2D eigenvalue weighted by atomic mass is 19.1. The first-order chi connectivity index (χ1) is 8.51. The van der Waals surface area contributed by atoms with Crippen LogP contribution in [0.5, 0.6) is 0 Å². The van der Waals surface area contributed by atoms with Crippen molar-refractivity contribution in [1.29, 1.82) is 5.26 Å². The van der Waals surface area contributed by atoms with Crippen molar-refractivity contribution in [3.05, 3.63) is 39.2 Å². The number of hydrogen-bond donors (Lipinski definition) is 0. The van der Waals surface area contributed by atoms with Crippen molar-refractivity contribution >= 4 is 11.7 Å². The maximum atomic E-state index is 13.8. The Labute approximate surface area is 102 Å². The first kappa shape index (κ1) is 13.6. The molecule has 7 heteroatoms. The fourth-order valence-electron chi connectivity index (χ4n) is 1.38. The van der Waals surface area contributed by atoms with E-state index in [2.05, 4.69) is 4.74 Å². The minimum Gasteiger partial charge on any atom is -0.466 e. The smallest absolute Gasteiger partial charge is 0.310 e. The Morgan fingerprint density at radius 2 is 2.28 bits per heavy atom. The number of esters is 1. The molecule has 0 saturated carbocycles. The summed E-state index contributed by atoms with van der Waals surface area (Å²) in [7, 11) is 0. The molecule has 1 aromatic rings. The van der Waals surface area contributed by atoms with Gasteiger partial charge in [0.05, 0.1) is 29.6 Å². The van der Waals surface area contributed by atoms with E-state index < -0.39 is 28.8 Å². The predicted octanol–water partition coefficient (Wildman–Crippen LogP) is 1.71. The number of nitro benzene ring substituents is 1. The molecular weight excluding hydrogens is 243 g/mol. The van der Waals surface area contributed by atoms with Gasteiger partial charge in [0.2, 0.25) is 5.82 Å². The molecule has 0 aromatic heterocycles. The summed E-state index contributed by atoms with van der Waals surface area (Å²) >= 11 is 0. The molecule has 0 heterocycles. The average Bonchev–Trinajstić information content (AvgIpc) is 2.31. The van der Waals surface area contributed by atoms with Gasteiger partial charge in [-0.2, -0.15) is 9.65 Å². The fraction of sp³-hybridized carbons (Fsp3) is 0.273. The Hall–Kier alpha value is -2.49. The van der Waals surface area contributed by atoms with Gasteiger partial charge < -0.3 is 4.74 Å². The molecule has 0 spiro atoms. The molecule has 0 fully saturated rings. The van der Waals surface area contributed by atoms with Crippen molar-refractivity contribution in [1.82, 2.24) is 0 Å². The molecule has 0 aliphatic rings. The molecule has 0 saturated heterocycles. The second-order valence-electron chi connectivity index (χ2n) is 3.28. The highest BCUT2D eigenvalue weighted by Crippen LogP contribution is 2.24. The molecule has 0 aliphatic carbocycles. The molecule has 0 amide bonds. The zero-order valence-electron chi connectivity index (χ0n) is 9.47. The van der Waals surface area contributed by atoms with Gasteiger partial charge in [0.1, 0.15) is 0 Å². The monoisotopic (exact) mass is 252 g/mol. The van der Waals surface area contributed by atoms with E-state index in [1.54, 1.807) is 13.0 Å². The largest absolute Gasteiger partial charge is 0.466 e. The van der Waals surface area contributed by atoms with Crippen LogP contribution in [-0.4, -0.2) is 17.5 Å². The molecule has 0 bridgehead atoms. The van der Waals surface area contributed by atoms with E-state index >= 15 is 0 Å². The summed E-state index contributed by atoms with van der Waals surface area (Å²) in [6.45, 7) is 1.68. The zero-order valence-corrected chi connectivity index (χ0v) is 9.47. The van der Waals surface area contributed by atoms with E-state index in [0.717, 1.165) is 12.1 Å². The summed E-state index contributed by atoms with van der Waals surface area (Å²) in [6.07, 6.45) is -0.510. The number of rotatable bonds is 4. The molecule has 0 N–H and O–H groups in total. The number of halogens is 1. The molecule has 0 unspecified atom stereocenters. The Bertz CT molecular complexity index is 537. The van der Waals surface area contributed by atoms with Crippen molar-refractivity contribution in [3.63, 3.8) is 0 Å². The van der Waals surface area contributed by atoms with Crippen molar-refractivity contribution < 1.29 is 18.8 Å². The van der Waals surface area contributed by atoms with Crippen LogP contribution in [0.4, 0.5) is 10.1 Å². The summed E-state index contributed by atoms with van der Waals surface area (Å²) < 4.78 is 18.4. The van der Waals surface area contributed by atoms with Gasteiger partial charge in [-0.15, -0.1) is 0 Å². The molecule has 1 rings (SSSR count). The molecule has 0 atom stereocenters. The van der Waals surface area contributed by atoms with E-state index in [4.69, 9.17) is 5.26 Å². The Kier molecular flexibility index (Phi) is 4.32. The van der Waals surface area contributed by atoms with Gasteiger partial charge in [-0.25, -0.2) is 0 Å². The van der Waals surface area contributed by atoms with Gasteiger partial charge in [0.15, 0.2) is 0 Å². The van der Waals surface area contributed by atoms with Gasteiger partial charge in [-0.1, -0.05) is 0 Å². The highest BCUT2D eigenvalue weighted by molar-refractivity contribution is 5.74. The second-order valence-corrected chi connectivity index (χ2v) is 3.28. The number of hydrogen-bond acceptors (Lipinski definition) is 5. The maximum Gasteiger partial charge on any atom is 0.310 e. The quantitative estimate of drug-likeness (QED) is 0.462. The third kappa shape index (κ3) is 2.79. The van der Waals surface area contributed by atoms with Crippen LogP contribution in [0.25, 0.3) is 0 Å². The predicted molar refractivity (Wildman–Crippen MR) is 58.1 cm³/mol. The number of carbonyl (C=O) groups excluding carboxylic acids is 1. The second kappa shape index (κ2) is 5.72. The van der Waals surface area contributed by atoms with Gasteiger partial charge in [0, 0.05) is 11.6 Å². The highest BCUT2D eigenvalue weighted by Gasteiger charge is 2.23. The topological polar surface area (TPSA) is 93.2 Å². The summed E-state index contributed by atoms with van der Waals surface area (Å²) in [5, 5.41) is 19.3. The molecule has 94 valence electrons. The number of benzene rings is 1. The lowest BCUT2D eigenvalue weighted by atomic mass is 10.0. The lowest BCUT2D eigenvalue weighted by Crippen LogP contribution is -2.11. The first-order valence-electron chi connectivity index (χ1n) is 5.02. The summed E-state index contributed by atoms with van der Waals surface area (Å²) in [6, 6.07) is 3.68. The number of carbonyl (C=O) groups is 1. The molecule has 1 aromatic carbocycles. The van der Waals surface area contributed by atoms with Crippen LogP contribution in [0.2, 0.25) is 0 Å². The van der Waals surface area contributed by atoms with Crippen LogP contribution < -0.4 is 0 Å². The number of nitriles is 1. The Morgan fingerprint density at radius 3 is 2.78 bits per heavy atom. The summed E-state index contributed by atoms with van der Waals surface area (Å²) in [5.74, 6) is -1.92. The van der Waals surface area contributed by atoms with Gasteiger partial charge in [-0.3, -0.25) is 14.9 Å². The fourth-order valence-corrected chi connectivity index (χ4v) is 1.38. The van der Waals surface area contributed by atoms with E-state index in [1.165, 1.54) is 0 Å². The molecule has 18 heavy (non-hydrogen) atoms. The minimum atomic E-state index is -1.17. The lowest BCUT2D eigenvalue weighted by Gasteiger charge is -2.05. The molecular formula is C11H9FN2O4. The normalized spacial score (nSPS) is 9.61. The summed E-state index contributed by atoms with van der Waals surface area (Å²) in [5.41, 5.74) is -1.20. The van der Waals surface area contributed by atoms with Gasteiger partial charge in [0.25, 0.3) is 0 Å². The van der Waals surface area contributed by atoms with Crippen LogP contribution in [0, 0.1) is 27.3 Å². The maximum absolute atomic E-state index is 13.8. The standard InChI is InChI=1S/C11H9FN2O4/c1-2-18-10(15)5-8-7(6-13)3-4-9(11(8)12)14(16)17/h3-4H,2,5H2,1H3. The van der Waals surface area contributed by atoms with Crippen LogP contribution in [0.15, 0.2) is 12.1 Å². The van der Waals surface area contributed by atoms with Crippen LogP contribution >= 0.6 is 0 Å². The van der Waals surface area contributed by atoms with E-state index in [1.807, 2.05) is 0 Å². The van der Waals surface area contributed by atoms with Crippen molar-refractivity contribution in [3.8, 4) is 6.07 Å². The van der Waals surface area contributed by atoms with Crippen LogP contribution in [0.3, 0.4) is 0 Å². The van der Waals surface area contributed by atoms with Gasteiger partial charge >= 0.3 is 11.7 Å². The number of nitrogens with zero attached hydrogens (tertiary/aromatic N) is 2. The lowest BCUT2D eigenvalue weighted by molar-refractivity contribution is -0.387. The van der Waals surface area contributed by atoms with Crippen LogP contribution in [0.1, 0.15) is 18.1 Å². The van der Waals surface area contributed by atoms with E-state index in [9.17, 15) is 19.3 Å². The summed E-state index contributed by atoms with van der Waals surface area (Å²) in [4.78, 5) is 20.9. The zero-order chi connectivity index (χ0) is 13.7. The van der Waals surface area contributed by atoms with Crippen molar-refractivity contribution in [2.45, 2.75) is 13.3 Å². The minimum absolute atomic E-state index is 0.108. The first-order valence-corrected chi connectivity index (χ1v) is 5.02. The van der Waals surface area contributed by atoms with Crippen molar-refractivity contribution in [2.75, 3.05) is 6.61 Å². The third-order valence-corrected chi connectivity index (χ3v) is 2.17. The van der Waals surface area contributed by atoms with Gasteiger partial charge in [-0.05, 0) is 13.0 Å². The molecule has 0 aliphatic heterocycles. The van der Waals surface area contributed by atoms with E-state index in [-0.39, 0.29) is 17.7 Å². The van der Waals surface area contributed by atoms with Crippen molar-refractivity contribution in [2.24, 2.45) is 0 Å². The third-order valence-electron chi connectivity index (χ3n) is 2.17.